The first-order valence-electron chi connectivity index (χ1n) is 8.05. The summed E-state index contributed by atoms with van der Waals surface area (Å²) in [6.07, 6.45) is 3.23. The fourth-order valence-corrected chi connectivity index (χ4v) is 2.79. The summed E-state index contributed by atoms with van der Waals surface area (Å²) in [5, 5.41) is 7.44. The summed E-state index contributed by atoms with van der Waals surface area (Å²) in [6.45, 7) is 5.01. The number of hydrogen-bond acceptors (Lipinski definition) is 4. The first-order chi connectivity index (χ1) is 11.8. The molecule has 1 aliphatic heterocycles. The predicted octanol–water partition coefficient (Wildman–Crippen LogP) is 1.43. The van der Waals surface area contributed by atoms with Crippen LogP contribution < -0.4 is 10.2 Å². The number of anilines is 1. The van der Waals surface area contributed by atoms with Crippen molar-refractivity contribution >= 4 is 35.6 Å². The average Bonchev–Trinajstić information content (AvgIpc) is 3.13. The fraction of sp³-hybridized carbons (Fsp3) is 0.438. The smallest absolute Gasteiger partial charge is 0.193 e. The van der Waals surface area contributed by atoms with E-state index in [0.717, 1.165) is 50.9 Å². The molecule has 0 amide bonds. The Labute approximate surface area is 164 Å². The van der Waals surface area contributed by atoms with Crippen LogP contribution in [0.3, 0.4) is 0 Å². The van der Waals surface area contributed by atoms with Crippen LogP contribution in [0.25, 0.3) is 0 Å². The van der Waals surface area contributed by atoms with E-state index < -0.39 is 0 Å². The van der Waals surface area contributed by atoms with Crippen molar-refractivity contribution < 1.29 is 4.39 Å². The lowest BCUT2D eigenvalue weighted by molar-refractivity contribution is 0.371. The van der Waals surface area contributed by atoms with E-state index >= 15 is 0 Å². The number of nitrogens with zero attached hydrogens (tertiary/aromatic N) is 6. The second-order valence-electron chi connectivity index (χ2n) is 5.58. The van der Waals surface area contributed by atoms with Gasteiger partial charge >= 0.3 is 0 Å². The molecular weight excluding hydrogens is 436 g/mol. The Hall–Kier alpha value is -1.91. The van der Waals surface area contributed by atoms with Crippen molar-refractivity contribution in [1.82, 2.24) is 25.0 Å². The second-order valence-corrected chi connectivity index (χ2v) is 5.58. The molecule has 0 aliphatic carbocycles. The molecule has 0 spiro atoms. The number of halogens is 2. The summed E-state index contributed by atoms with van der Waals surface area (Å²) >= 11 is 0. The maximum atomic E-state index is 13.0. The number of aliphatic imine (C=N–C) groups is 1. The quantitative estimate of drug-likeness (QED) is 0.426. The van der Waals surface area contributed by atoms with Gasteiger partial charge < -0.3 is 15.1 Å². The van der Waals surface area contributed by atoms with Gasteiger partial charge in [0.05, 0.1) is 6.54 Å². The molecule has 25 heavy (non-hydrogen) atoms. The molecule has 136 valence electrons. The van der Waals surface area contributed by atoms with Crippen LogP contribution >= 0.6 is 24.0 Å². The van der Waals surface area contributed by atoms with Crippen molar-refractivity contribution in [2.24, 2.45) is 4.99 Å². The summed E-state index contributed by atoms with van der Waals surface area (Å²) in [7, 11) is 1.80. The molecule has 9 heteroatoms. The largest absolute Gasteiger partial charge is 0.368 e. The van der Waals surface area contributed by atoms with Gasteiger partial charge in [0.2, 0.25) is 0 Å². The molecule has 1 aromatic heterocycles. The van der Waals surface area contributed by atoms with Gasteiger partial charge in [-0.25, -0.2) is 9.37 Å². The Bertz CT molecular complexity index is 652. The van der Waals surface area contributed by atoms with Gasteiger partial charge in [0.25, 0.3) is 0 Å². The number of piperazine rings is 1. The monoisotopic (exact) mass is 459 g/mol. The van der Waals surface area contributed by atoms with Crippen molar-refractivity contribution in [3.63, 3.8) is 0 Å². The molecule has 1 aliphatic rings. The van der Waals surface area contributed by atoms with E-state index in [-0.39, 0.29) is 29.8 Å². The molecule has 0 bridgehead atoms. The van der Waals surface area contributed by atoms with E-state index in [2.05, 4.69) is 30.2 Å². The lowest BCUT2D eigenvalue weighted by atomic mass is 10.2. The van der Waals surface area contributed by atoms with Crippen molar-refractivity contribution in [2.75, 3.05) is 44.7 Å². The van der Waals surface area contributed by atoms with Gasteiger partial charge in [0, 0.05) is 45.5 Å². The van der Waals surface area contributed by atoms with E-state index in [1.807, 2.05) is 12.1 Å². The average molecular weight is 459 g/mol. The predicted molar refractivity (Wildman–Crippen MR) is 107 cm³/mol. The molecule has 0 radical (unpaired) electrons. The number of rotatable bonds is 4. The minimum absolute atomic E-state index is 0. The van der Waals surface area contributed by atoms with Crippen molar-refractivity contribution in [1.29, 1.82) is 0 Å². The Morgan fingerprint density at radius 1 is 1.20 bits per heavy atom. The molecule has 0 atom stereocenters. The first kappa shape index (κ1) is 19.4. The third-order valence-corrected chi connectivity index (χ3v) is 4.07. The van der Waals surface area contributed by atoms with Gasteiger partial charge in [-0.1, -0.05) is 0 Å². The van der Waals surface area contributed by atoms with Crippen LogP contribution in [0.4, 0.5) is 10.1 Å². The van der Waals surface area contributed by atoms with Crippen LogP contribution in [-0.4, -0.2) is 65.4 Å². The Morgan fingerprint density at radius 3 is 2.52 bits per heavy atom. The van der Waals surface area contributed by atoms with Gasteiger partial charge in [-0.15, -0.1) is 24.0 Å². The normalized spacial score (nSPS) is 15.0. The molecule has 1 aromatic carbocycles. The van der Waals surface area contributed by atoms with Crippen LogP contribution in [-0.2, 0) is 6.54 Å². The Kier molecular flexibility index (Phi) is 7.41. The minimum atomic E-state index is -0.200. The van der Waals surface area contributed by atoms with Crippen molar-refractivity contribution in [3.05, 3.63) is 42.7 Å². The summed E-state index contributed by atoms with van der Waals surface area (Å²) in [5.74, 6) is 0.697. The van der Waals surface area contributed by atoms with Gasteiger partial charge in [0.15, 0.2) is 5.96 Å². The highest BCUT2D eigenvalue weighted by molar-refractivity contribution is 14.0. The van der Waals surface area contributed by atoms with Crippen LogP contribution in [0.5, 0.6) is 0 Å². The summed E-state index contributed by atoms with van der Waals surface area (Å²) < 4.78 is 14.8. The topological polar surface area (TPSA) is 61.6 Å². The third kappa shape index (κ3) is 5.28. The molecule has 7 nitrogen and oxygen atoms in total. The van der Waals surface area contributed by atoms with E-state index in [9.17, 15) is 4.39 Å². The molecule has 1 fully saturated rings. The molecule has 1 saturated heterocycles. The van der Waals surface area contributed by atoms with Crippen LogP contribution in [0, 0.1) is 5.82 Å². The minimum Gasteiger partial charge on any atom is -0.368 e. The standard InChI is InChI=1S/C16H22FN7.HI/c1-18-16(20-6-7-24-13-19-12-21-24)23-10-8-22(9-11-23)15-4-2-14(17)3-5-15;/h2-5,12-13H,6-11H2,1H3,(H,18,20);1H. The van der Waals surface area contributed by atoms with Gasteiger partial charge in [-0.05, 0) is 24.3 Å². The van der Waals surface area contributed by atoms with Crippen LogP contribution in [0.15, 0.2) is 41.9 Å². The molecular formula is C16H23FIN7. The zero-order valence-corrected chi connectivity index (χ0v) is 16.5. The number of guanidine groups is 1. The zero-order valence-electron chi connectivity index (χ0n) is 14.2. The molecule has 0 unspecified atom stereocenters. The SMILES string of the molecule is CN=C(NCCn1cncn1)N1CCN(c2ccc(F)cc2)CC1.I. The maximum absolute atomic E-state index is 13.0. The highest BCUT2D eigenvalue weighted by Crippen LogP contribution is 2.16. The molecule has 2 heterocycles. The lowest BCUT2D eigenvalue weighted by Crippen LogP contribution is -2.52. The van der Waals surface area contributed by atoms with E-state index in [1.54, 1.807) is 18.1 Å². The summed E-state index contributed by atoms with van der Waals surface area (Å²) in [6, 6.07) is 6.67. The number of hydrogen-bond donors (Lipinski definition) is 1. The zero-order chi connectivity index (χ0) is 16.8. The number of aromatic nitrogens is 3. The highest BCUT2D eigenvalue weighted by Gasteiger charge is 2.19. The van der Waals surface area contributed by atoms with Gasteiger partial charge in [-0.2, -0.15) is 5.10 Å². The van der Waals surface area contributed by atoms with Gasteiger partial charge in [0.1, 0.15) is 18.5 Å². The summed E-state index contributed by atoms with van der Waals surface area (Å²) in [5.41, 5.74) is 1.06. The third-order valence-electron chi connectivity index (χ3n) is 4.07. The Balaban J connectivity index is 0.00000225. The van der Waals surface area contributed by atoms with Crippen molar-refractivity contribution in [3.8, 4) is 0 Å². The second kappa shape index (κ2) is 9.54. The lowest BCUT2D eigenvalue weighted by Gasteiger charge is -2.37. The number of benzene rings is 1. The number of nitrogens with one attached hydrogen (secondary N) is 1. The molecule has 3 rings (SSSR count). The first-order valence-corrected chi connectivity index (χ1v) is 8.05. The highest BCUT2D eigenvalue weighted by atomic mass is 127. The van der Waals surface area contributed by atoms with E-state index in [4.69, 9.17) is 0 Å². The molecule has 1 N–H and O–H groups in total. The molecule has 2 aromatic rings. The van der Waals surface area contributed by atoms with E-state index in [1.165, 1.54) is 18.5 Å². The fourth-order valence-electron chi connectivity index (χ4n) is 2.79. The summed E-state index contributed by atoms with van der Waals surface area (Å²) in [4.78, 5) is 12.8. The van der Waals surface area contributed by atoms with E-state index in [0.29, 0.717) is 0 Å². The van der Waals surface area contributed by atoms with Crippen LogP contribution in [0.2, 0.25) is 0 Å². The van der Waals surface area contributed by atoms with Crippen LogP contribution in [0.1, 0.15) is 0 Å². The Morgan fingerprint density at radius 2 is 1.92 bits per heavy atom. The van der Waals surface area contributed by atoms with Gasteiger partial charge in [-0.3, -0.25) is 9.67 Å². The molecule has 0 saturated carbocycles. The maximum Gasteiger partial charge on any atom is 0.193 e. The van der Waals surface area contributed by atoms with Crippen molar-refractivity contribution in [2.45, 2.75) is 6.54 Å².